The van der Waals surface area contributed by atoms with Crippen molar-refractivity contribution in [1.29, 1.82) is 0 Å². The average Bonchev–Trinajstić information content (AvgIpc) is 3.27. The van der Waals surface area contributed by atoms with Crippen LogP contribution in [0.25, 0.3) is 11.0 Å². The molecular weight excluding hydrogens is 483 g/mol. The highest BCUT2D eigenvalue weighted by Crippen LogP contribution is 2.32. The zero-order valence-electron chi connectivity index (χ0n) is 20.8. The molecule has 2 aliphatic rings. The third kappa shape index (κ3) is 6.40. The van der Waals surface area contributed by atoms with Crippen LogP contribution in [0.15, 0.2) is 27.5 Å². The number of likely N-dealkylation sites (tertiary alicyclic amines) is 1. The second-order valence-corrected chi connectivity index (χ2v) is 9.54. The van der Waals surface area contributed by atoms with Crippen molar-refractivity contribution in [2.24, 2.45) is 0 Å². The lowest BCUT2D eigenvalue weighted by atomic mass is 9.91. The Hall–Kier alpha value is -3.60. The van der Waals surface area contributed by atoms with E-state index >= 15 is 0 Å². The lowest BCUT2D eigenvalue weighted by Gasteiger charge is -2.31. The summed E-state index contributed by atoms with van der Waals surface area (Å²) in [5.41, 5.74) is 3.38. The van der Waals surface area contributed by atoms with Crippen molar-refractivity contribution in [3.63, 3.8) is 0 Å². The molecule has 0 atom stereocenters. The molecule has 198 valence electrons. The Balaban J connectivity index is 0.000000405. The Bertz CT molecular complexity index is 1330. The van der Waals surface area contributed by atoms with Crippen molar-refractivity contribution in [3.05, 3.63) is 57.1 Å². The van der Waals surface area contributed by atoms with Crippen LogP contribution in [-0.4, -0.2) is 61.4 Å². The number of aryl methyl sites for hydroxylation is 2. The van der Waals surface area contributed by atoms with Gasteiger partial charge in [-0.3, -0.25) is 19.0 Å². The van der Waals surface area contributed by atoms with Crippen LogP contribution >= 0.6 is 0 Å². The first-order valence-corrected chi connectivity index (χ1v) is 12.5. The van der Waals surface area contributed by atoms with Crippen LogP contribution in [0.2, 0.25) is 0 Å². The number of carbonyl (C=O) groups is 2. The molecule has 1 saturated heterocycles. The summed E-state index contributed by atoms with van der Waals surface area (Å²) < 4.78 is 20.6. The first kappa shape index (κ1) is 26.5. The van der Waals surface area contributed by atoms with Crippen LogP contribution < -0.4 is 5.56 Å². The number of rotatable bonds is 6. The van der Waals surface area contributed by atoms with Gasteiger partial charge < -0.3 is 19.6 Å². The third-order valence-electron chi connectivity index (χ3n) is 7.00. The first-order chi connectivity index (χ1) is 17.7. The minimum atomic E-state index is -1.31. The van der Waals surface area contributed by atoms with Gasteiger partial charge in [-0.15, -0.1) is 0 Å². The standard InChI is InChI=1S/C23H27FN4O2.C3H4O4/c1-15-18(23(29)28-10-3-2-4-21(28)25-15)9-13-27-11-7-16(8-12-27)22-19-6-5-17(24)14-20(19)30-26-22;4-2(5)1-3(6)7/h5-6,14,16H,2-4,7-13H2,1H3;1H2,(H,4,5)(H,6,7). The van der Waals surface area contributed by atoms with E-state index in [2.05, 4.69) is 10.1 Å². The molecule has 2 aliphatic heterocycles. The molecule has 0 amide bonds. The highest BCUT2D eigenvalue weighted by atomic mass is 19.1. The Morgan fingerprint density at radius 3 is 2.54 bits per heavy atom. The minimum Gasteiger partial charge on any atom is -0.481 e. The number of fused-ring (bicyclic) bond motifs is 2. The second kappa shape index (κ2) is 11.6. The summed E-state index contributed by atoms with van der Waals surface area (Å²) in [4.78, 5) is 38.9. The molecule has 0 spiro atoms. The maximum Gasteiger partial charge on any atom is 0.314 e. The Labute approximate surface area is 212 Å². The largest absolute Gasteiger partial charge is 0.481 e. The topological polar surface area (TPSA) is 139 Å². The van der Waals surface area contributed by atoms with Gasteiger partial charge in [-0.25, -0.2) is 9.37 Å². The molecule has 0 aliphatic carbocycles. The summed E-state index contributed by atoms with van der Waals surface area (Å²) in [5.74, 6) is -1.65. The van der Waals surface area contributed by atoms with Gasteiger partial charge >= 0.3 is 11.9 Å². The number of halogens is 1. The lowest BCUT2D eigenvalue weighted by molar-refractivity contribution is -0.147. The lowest BCUT2D eigenvalue weighted by Crippen LogP contribution is -2.37. The Morgan fingerprint density at radius 1 is 1.14 bits per heavy atom. The van der Waals surface area contributed by atoms with E-state index in [9.17, 15) is 18.8 Å². The van der Waals surface area contributed by atoms with Gasteiger partial charge in [0, 0.05) is 48.1 Å². The molecule has 0 saturated carbocycles. The number of piperidine rings is 1. The van der Waals surface area contributed by atoms with Crippen LogP contribution in [0.4, 0.5) is 4.39 Å². The SMILES string of the molecule is Cc1nc2n(c(=O)c1CCN1CCC(c3noc4cc(F)ccc34)CC1)CCCC2.O=C(O)CC(=O)O. The highest BCUT2D eigenvalue weighted by molar-refractivity contribution is 5.88. The summed E-state index contributed by atoms with van der Waals surface area (Å²) in [6.45, 7) is 5.55. The summed E-state index contributed by atoms with van der Waals surface area (Å²) in [6.07, 6.45) is 5.00. The van der Waals surface area contributed by atoms with Crippen molar-refractivity contribution in [2.75, 3.05) is 19.6 Å². The van der Waals surface area contributed by atoms with E-state index in [1.54, 1.807) is 6.07 Å². The number of nitrogens with zero attached hydrogens (tertiary/aromatic N) is 4. The zero-order chi connectivity index (χ0) is 26.5. The number of hydrogen-bond donors (Lipinski definition) is 2. The van der Waals surface area contributed by atoms with Gasteiger partial charge in [0.25, 0.3) is 5.56 Å². The van der Waals surface area contributed by atoms with Gasteiger partial charge in [-0.05, 0) is 64.3 Å². The number of hydrogen-bond acceptors (Lipinski definition) is 7. The molecule has 1 fully saturated rings. The number of aliphatic carboxylic acids is 2. The fourth-order valence-electron chi connectivity index (χ4n) is 5.07. The predicted octanol–water partition coefficient (Wildman–Crippen LogP) is 3.14. The van der Waals surface area contributed by atoms with E-state index in [-0.39, 0.29) is 11.4 Å². The number of aromatic nitrogens is 3. The van der Waals surface area contributed by atoms with Crippen molar-refractivity contribution in [2.45, 2.75) is 64.3 Å². The molecule has 0 radical (unpaired) electrons. The van der Waals surface area contributed by atoms with Gasteiger partial charge in [0.15, 0.2) is 5.58 Å². The molecule has 0 bridgehead atoms. The van der Waals surface area contributed by atoms with Crippen molar-refractivity contribution in [1.82, 2.24) is 19.6 Å². The van der Waals surface area contributed by atoms with Gasteiger partial charge in [0.2, 0.25) is 0 Å². The van der Waals surface area contributed by atoms with Crippen molar-refractivity contribution >= 4 is 22.9 Å². The molecular formula is C26H31FN4O6. The molecule has 10 nitrogen and oxygen atoms in total. The number of benzene rings is 1. The van der Waals surface area contributed by atoms with Crippen LogP contribution in [0.5, 0.6) is 0 Å². The molecule has 37 heavy (non-hydrogen) atoms. The number of carboxylic acids is 2. The van der Waals surface area contributed by atoms with E-state index in [1.807, 2.05) is 11.5 Å². The molecule has 4 heterocycles. The monoisotopic (exact) mass is 514 g/mol. The molecule has 0 unspecified atom stereocenters. The molecule has 2 aromatic heterocycles. The Morgan fingerprint density at radius 2 is 1.86 bits per heavy atom. The van der Waals surface area contributed by atoms with Crippen LogP contribution in [0, 0.1) is 12.7 Å². The zero-order valence-corrected chi connectivity index (χ0v) is 20.8. The van der Waals surface area contributed by atoms with Gasteiger partial charge in [0.05, 0.1) is 5.69 Å². The highest BCUT2D eigenvalue weighted by Gasteiger charge is 2.25. The van der Waals surface area contributed by atoms with E-state index < -0.39 is 18.4 Å². The quantitative estimate of drug-likeness (QED) is 0.475. The van der Waals surface area contributed by atoms with E-state index in [1.165, 1.54) is 12.1 Å². The minimum absolute atomic E-state index is 0.161. The fourth-order valence-corrected chi connectivity index (χ4v) is 5.07. The third-order valence-corrected chi connectivity index (χ3v) is 7.00. The smallest absolute Gasteiger partial charge is 0.314 e. The molecule has 11 heteroatoms. The summed E-state index contributed by atoms with van der Waals surface area (Å²) in [7, 11) is 0. The normalized spacial score (nSPS) is 16.2. The first-order valence-electron chi connectivity index (χ1n) is 12.5. The van der Waals surface area contributed by atoms with Crippen molar-refractivity contribution in [3.8, 4) is 0 Å². The van der Waals surface area contributed by atoms with Gasteiger partial charge in [0.1, 0.15) is 18.1 Å². The number of carboxylic acid groups (broad SMARTS) is 2. The Kier molecular flexibility index (Phi) is 8.32. The van der Waals surface area contributed by atoms with E-state index in [0.29, 0.717) is 11.5 Å². The summed E-state index contributed by atoms with van der Waals surface area (Å²) >= 11 is 0. The molecule has 2 N–H and O–H groups in total. The van der Waals surface area contributed by atoms with Gasteiger partial charge in [-0.2, -0.15) is 0 Å². The van der Waals surface area contributed by atoms with E-state index in [0.717, 1.165) is 92.9 Å². The maximum atomic E-state index is 13.4. The molecule has 5 rings (SSSR count). The van der Waals surface area contributed by atoms with Crippen LogP contribution in [0.1, 0.15) is 60.8 Å². The fraction of sp³-hybridized carbons (Fsp3) is 0.500. The summed E-state index contributed by atoms with van der Waals surface area (Å²) in [6, 6.07) is 4.63. The maximum absolute atomic E-state index is 13.4. The second-order valence-electron chi connectivity index (χ2n) is 9.54. The van der Waals surface area contributed by atoms with Crippen LogP contribution in [-0.2, 0) is 29.0 Å². The van der Waals surface area contributed by atoms with Crippen LogP contribution in [0.3, 0.4) is 0 Å². The summed E-state index contributed by atoms with van der Waals surface area (Å²) in [5, 5.41) is 20.6. The predicted molar refractivity (Wildman–Crippen MR) is 132 cm³/mol. The molecule has 1 aromatic carbocycles. The van der Waals surface area contributed by atoms with Crippen molar-refractivity contribution < 1.29 is 28.7 Å². The van der Waals surface area contributed by atoms with Gasteiger partial charge in [-0.1, -0.05) is 5.16 Å². The molecule has 3 aromatic rings. The van der Waals surface area contributed by atoms with E-state index in [4.69, 9.17) is 19.7 Å². The average molecular weight is 515 g/mol.